The Balaban J connectivity index is 1.70. The van der Waals surface area contributed by atoms with Gasteiger partial charge in [0.15, 0.2) is 0 Å². The molecule has 0 bridgehead atoms. The van der Waals surface area contributed by atoms with E-state index in [9.17, 15) is 9.18 Å². The number of rotatable bonds is 6. The topological polar surface area (TPSA) is 35.5 Å². The molecule has 4 rings (SSSR count). The van der Waals surface area contributed by atoms with Gasteiger partial charge in [-0.15, -0.1) is 0 Å². The molecule has 0 heterocycles. The Labute approximate surface area is 188 Å². The summed E-state index contributed by atoms with van der Waals surface area (Å²) in [7, 11) is 1.69. The minimum atomic E-state index is -0.344. The van der Waals surface area contributed by atoms with Crippen LogP contribution in [0.2, 0.25) is 0 Å². The predicted molar refractivity (Wildman–Crippen MR) is 124 cm³/mol. The fourth-order valence-corrected chi connectivity index (χ4v) is 4.57. The summed E-state index contributed by atoms with van der Waals surface area (Å²) in [4.78, 5) is 11.6. The van der Waals surface area contributed by atoms with Crippen molar-refractivity contribution in [3.8, 4) is 5.75 Å². The zero-order valence-electron chi connectivity index (χ0n) is 18.4. The van der Waals surface area contributed by atoms with E-state index in [0.29, 0.717) is 6.61 Å². The summed E-state index contributed by atoms with van der Waals surface area (Å²) >= 11 is 0. The van der Waals surface area contributed by atoms with Crippen LogP contribution in [0.1, 0.15) is 53.0 Å². The highest BCUT2D eigenvalue weighted by Crippen LogP contribution is 2.47. The molecule has 3 nitrogen and oxygen atoms in total. The van der Waals surface area contributed by atoms with E-state index in [1.165, 1.54) is 22.8 Å². The van der Waals surface area contributed by atoms with Crippen LogP contribution in [0.5, 0.6) is 5.75 Å². The third kappa shape index (κ3) is 4.75. The second-order valence-corrected chi connectivity index (χ2v) is 7.99. The van der Waals surface area contributed by atoms with Gasteiger partial charge in [0.2, 0.25) is 0 Å². The van der Waals surface area contributed by atoms with Crippen LogP contribution in [0.4, 0.5) is 4.39 Å². The van der Waals surface area contributed by atoms with Crippen molar-refractivity contribution in [2.75, 3.05) is 13.7 Å². The van der Waals surface area contributed by atoms with Crippen LogP contribution in [0, 0.1) is 5.82 Å². The highest BCUT2D eigenvalue weighted by molar-refractivity contribution is 5.87. The number of hydrogen-bond acceptors (Lipinski definition) is 3. The average molecular weight is 431 g/mol. The molecule has 0 unspecified atom stereocenters. The van der Waals surface area contributed by atoms with Crippen LogP contribution in [-0.2, 0) is 16.0 Å². The summed E-state index contributed by atoms with van der Waals surface area (Å²) in [6.45, 7) is 2.15. The molecule has 1 aliphatic carbocycles. The van der Waals surface area contributed by atoms with Gasteiger partial charge in [-0.2, -0.15) is 0 Å². The highest BCUT2D eigenvalue weighted by Gasteiger charge is 2.32. The first-order valence-electron chi connectivity index (χ1n) is 11.0. The Kier molecular flexibility index (Phi) is 6.69. The summed E-state index contributed by atoms with van der Waals surface area (Å²) < 4.78 is 24.0. The monoisotopic (exact) mass is 430 g/mol. The van der Waals surface area contributed by atoms with Gasteiger partial charge in [0.1, 0.15) is 11.6 Å². The van der Waals surface area contributed by atoms with Gasteiger partial charge in [-0.05, 0) is 83.8 Å². The molecular weight excluding hydrogens is 403 g/mol. The molecule has 32 heavy (non-hydrogen) atoms. The van der Waals surface area contributed by atoms with Crippen LogP contribution < -0.4 is 4.74 Å². The number of carbonyl (C=O) groups excluding carboxylic acids is 1. The van der Waals surface area contributed by atoms with Crippen LogP contribution in [0.3, 0.4) is 0 Å². The SMILES string of the molecule is CCOC(=O)C=Cc1ccc([C@@H]2c3ccc(OC)cc3CC[C@@H]2c2ccc(F)cc2)cc1. The quantitative estimate of drug-likeness (QED) is 0.341. The molecule has 2 atom stereocenters. The lowest BCUT2D eigenvalue weighted by molar-refractivity contribution is -0.137. The Morgan fingerprint density at radius 1 is 1.03 bits per heavy atom. The molecule has 0 N–H and O–H groups in total. The number of aryl methyl sites for hydroxylation is 1. The molecule has 0 fully saturated rings. The Morgan fingerprint density at radius 2 is 1.75 bits per heavy atom. The van der Waals surface area contributed by atoms with Gasteiger partial charge in [-0.3, -0.25) is 0 Å². The molecule has 0 aliphatic heterocycles. The normalized spacial score (nSPS) is 17.7. The lowest BCUT2D eigenvalue weighted by Gasteiger charge is -2.35. The maximum absolute atomic E-state index is 13.6. The van der Waals surface area contributed by atoms with Crippen molar-refractivity contribution >= 4 is 12.0 Å². The van der Waals surface area contributed by atoms with Gasteiger partial charge in [0.25, 0.3) is 0 Å². The number of hydrogen-bond donors (Lipinski definition) is 0. The van der Waals surface area contributed by atoms with Crippen LogP contribution >= 0.6 is 0 Å². The van der Waals surface area contributed by atoms with Gasteiger partial charge in [0.05, 0.1) is 13.7 Å². The van der Waals surface area contributed by atoms with Crippen molar-refractivity contribution in [1.29, 1.82) is 0 Å². The largest absolute Gasteiger partial charge is 0.497 e. The van der Waals surface area contributed by atoms with Crippen molar-refractivity contribution in [3.05, 3.63) is 106 Å². The Hall–Kier alpha value is -3.40. The zero-order valence-corrected chi connectivity index (χ0v) is 18.4. The zero-order chi connectivity index (χ0) is 22.5. The van der Waals surface area contributed by atoms with Gasteiger partial charge in [-0.1, -0.05) is 42.5 Å². The van der Waals surface area contributed by atoms with Crippen LogP contribution in [0.25, 0.3) is 6.08 Å². The van der Waals surface area contributed by atoms with Crippen molar-refractivity contribution in [1.82, 2.24) is 0 Å². The summed E-state index contributed by atoms with van der Waals surface area (Å²) in [5.74, 6) is 0.699. The molecule has 0 aromatic heterocycles. The maximum Gasteiger partial charge on any atom is 0.330 e. The lowest BCUT2D eigenvalue weighted by Crippen LogP contribution is -2.20. The van der Waals surface area contributed by atoms with E-state index >= 15 is 0 Å². The molecule has 0 amide bonds. The second kappa shape index (κ2) is 9.82. The fraction of sp³-hybridized carbons (Fsp3) is 0.250. The molecule has 164 valence electrons. The average Bonchev–Trinajstić information content (AvgIpc) is 2.83. The molecule has 0 spiro atoms. The van der Waals surface area contributed by atoms with Crippen LogP contribution in [0.15, 0.2) is 72.8 Å². The van der Waals surface area contributed by atoms with E-state index in [0.717, 1.165) is 29.7 Å². The third-order valence-electron chi connectivity index (χ3n) is 6.10. The van der Waals surface area contributed by atoms with Gasteiger partial charge >= 0.3 is 5.97 Å². The minimum Gasteiger partial charge on any atom is -0.497 e. The van der Waals surface area contributed by atoms with E-state index in [1.54, 1.807) is 32.2 Å². The predicted octanol–water partition coefficient (Wildman–Crippen LogP) is 6.27. The first-order valence-corrected chi connectivity index (χ1v) is 11.0. The van der Waals surface area contributed by atoms with Crippen molar-refractivity contribution < 1.29 is 18.7 Å². The number of halogens is 1. The van der Waals surface area contributed by atoms with E-state index < -0.39 is 0 Å². The number of fused-ring (bicyclic) bond motifs is 1. The van der Waals surface area contributed by atoms with Crippen molar-refractivity contribution in [2.24, 2.45) is 0 Å². The maximum atomic E-state index is 13.6. The minimum absolute atomic E-state index is 0.151. The van der Waals surface area contributed by atoms with Crippen molar-refractivity contribution in [3.63, 3.8) is 0 Å². The summed E-state index contributed by atoms with van der Waals surface area (Å²) in [5.41, 5.74) is 5.84. The van der Waals surface area contributed by atoms with Crippen LogP contribution in [-0.4, -0.2) is 19.7 Å². The molecule has 0 saturated carbocycles. The molecular formula is C28H27FO3. The Bertz CT molecular complexity index is 1100. The third-order valence-corrected chi connectivity index (χ3v) is 6.10. The van der Waals surface area contributed by atoms with Gasteiger partial charge in [0, 0.05) is 12.0 Å². The fourth-order valence-electron chi connectivity index (χ4n) is 4.57. The molecule has 4 heteroatoms. The van der Waals surface area contributed by atoms with E-state index in [4.69, 9.17) is 9.47 Å². The number of benzene rings is 3. The van der Waals surface area contributed by atoms with Crippen molar-refractivity contribution in [2.45, 2.75) is 31.6 Å². The molecule has 1 aliphatic rings. The van der Waals surface area contributed by atoms with E-state index in [-0.39, 0.29) is 23.6 Å². The Morgan fingerprint density at radius 3 is 2.44 bits per heavy atom. The molecule has 3 aromatic carbocycles. The summed E-state index contributed by atoms with van der Waals surface area (Å²) in [6.07, 6.45) is 5.13. The van der Waals surface area contributed by atoms with E-state index in [2.05, 4.69) is 24.3 Å². The second-order valence-electron chi connectivity index (χ2n) is 7.99. The highest BCUT2D eigenvalue weighted by atomic mass is 19.1. The first kappa shape index (κ1) is 21.8. The van der Waals surface area contributed by atoms with Gasteiger partial charge in [-0.25, -0.2) is 9.18 Å². The lowest BCUT2D eigenvalue weighted by atomic mass is 9.69. The smallest absolute Gasteiger partial charge is 0.330 e. The van der Waals surface area contributed by atoms with E-state index in [1.807, 2.05) is 30.3 Å². The molecule has 0 radical (unpaired) electrons. The number of methoxy groups -OCH3 is 1. The summed E-state index contributed by atoms with van der Waals surface area (Å²) in [6, 6.07) is 21.4. The molecule has 3 aromatic rings. The number of ether oxygens (including phenoxy) is 2. The molecule has 0 saturated heterocycles. The van der Waals surface area contributed by atoms with Gasteiger partial charge < -0.3 is 9.47 Å². The summed E-state index contributed by atoms with van der Waals surface area (Å²) in [5, 5.41) is 0. The number of carbonyl (C=O) groups is 1. The first-order chi connectivity index (χ1) is 15.6. The number of esters is 1. The standard InChI is InChI=1S/C28H27FO3/c1-3-32-27(30)17-6-19-4-7-21(8-5-19)28-25(20-9-12-23(29)13-10-20)15-11-22-18-24(31-2)14-16-26(22)28/h4-10,12-14,16-18,25,28H,3,11,15H2,1-2H3/t25-,28+/m1/s1.